The van der Waals surface area contributed by atoms with E-state index in [0.717, 1.165) is 11.8 Å². The molecule has 0 saturated heterocycles. The third-order valence-corrected chi connectivity index (χ3v) is 2.91. The molecule has 82 valence electrons. The van der Waals surface area contributed by atoms with Gasteiger partial charge in [0.05, 0.1) is 6.61 Å². The van der Waals surface area contributed by atoms with Crippen LogP contribution in [0.3, 0.4) is 0 Å². The van der Waals surface area contributed by atoms with Gasteiger partial charge in [-0.25, -0.2) is 0 Å². The molecular formula is C10H12O4S. The lowest BCUT2D eigenvalue weighted by molar-refractivity contribution is 0.338. The monoisotopic (exact) mass is 228 g/mol. The summed E-state index contributed by atoms with van der Waals surface area (Å²) in [7, 11) is -3.75. The maximum Gasteiger partial charge on any atom is 0.338 e. The quantitative estimate of drug-likeness (QED) is 0.621. The predicted molar refractivity (Wildman–Crippen MR) is 55.7 cm³/mol. The highest BCUT2D eigenvalue weighted by Crippen LogP contribution is 2.13. The van der Waals surface area contributed by atoms with Gasteiger partial charge in [-0.1, -0.05) is 17.7 Å². The second-order valence-electron chi connectivity index (χ2n) is 2.92. The molecule has 0 fully saturated rings. The maximum atomic E-state index is 11.5. The first-order valence-corrected chi connectivity index (χ1v) is 5.73. The van der Waals surface area contributed by atoms with Crippen molar-refractivity contribution in [2.45, 2.75) is 11.8 Å². The molecule has 0 saturated carbocycles. The molecule has 15 heavy (non-hydrogen) atoms. The topological polar surface area (TPSA) is 63.6 Å². The Morgan fingerprint density at radius 2 is 1.93 bits per heavy atom. The Morgan fingerprint density at radius 3 is 2.47 bits per heavy atom. The maximum absolute atomic E-state index is 11.5. The van der Waals surface area contributed by atoms with Gasteiger partial charge >= 0.3 is 10.1 Å². The molecule has 1 aromatic carbocycles. The molecule has 0 bridgehead atoms. The molecule has 1 rings (SSSR count). The van der Waals surface area contributed by atoms with Crippen LogP contribution in [0.1, 0.15) is 5.56 Å². The van der Waals surface area contributed by atoms with Crippen molar-refractivity contribution in [2.75, 3.05) is 6.61 Å². The summed E-state index contributed by atoms with van der Waals surface area (Å²) in [6.45, 7) is 1.60. The number of aliphatic hydroxyl groups is 1. The molecule has 0 unspecified atom stereocenters. The second-order valence-corrected chi connectivity index (χ2v) is 4.49. The molecule has 0 atom stereocenters. The summed E-state index contributed by atoms with van der Waals surface area (Å²) in [4.78, 5) is 0.0932. The molecule has 0 aromatic heterocycles. The van der Waals surface area contributed by atoms with Gasteiger partial charge in [-0.05, 0) is 25.1 Å². The van der Waals surface area contributed by atoms with E-state index in [1.165, 1.54) is 18.2 Å². The van der Waals surface area contributed by atoms with Crippen molar-refractivity contribution in [1.82, 2.24) is 0 Å². The van der Waals surface area contributed by atoms with Gasteiger partial charge in [0, 0.05) is 0 Å². The minimum Gasteiger partial charge on any atom is -0.392 e. The fraction of sp³-hybridized carbons (Fsp3) is 0.200. The molecule has 4 nitrogen and oxygen atoms in total. The van der Waals surface area contributed by atoms with Gasteiger partial charge < -0.3 is 9.29 Å². The highest BCUT2D eigenvalue weighted by Gasteiger charge is 2.12. The van der Waals surface area contributed by atoms with E-state index in [2.05, 4.69) is 4.18 Å². The molecule has 0 aliphatic rings. The van der Waals surface area contributed by atoms with Crippen LogP contribution in [0.5, 0.6) is 0 Å². The van der Waals surface area contributed by atoms with E-state index >= 15 is 0 Å². The molecule has 0 spiro atoms. The van der Waals surface area contributed by atoms with Crippen LogP contribution in [0.25, 0.3) is 0 Å². The van der Waals surface area contributed by atoms with Gasteiger partial charge in [-0.2, -0.15) is 8.42 Å². The summed E-state index contributed by atoms with van der Waals surface area (Å²) >= 11 is 0. The van der Waals surface area contributed by atoms with Gasteiger partial charge in [0.1, 0.15) is 11.2 Å². The van der Waals surface area contributed by atoms with E-state index in [1.54, 1.807) is 12.1 Å². The second kappa shape index (κ2) is 4.95. The lowest BCUT2D eigenvalue weighted by atomic mass is 10.2. The number of benzene rings is 1. The van der Waals surface area contributed by atoms with Crippen LogP contribution in [-0.2, 0) is 14.3 Å². The Balaban J connectivity index is 2.87. The van der Waals surface area contributed by atoms with Crippen molar-refractivity contribution in [3.05, 3.63) is 42.2 Å². The minimum absolute atomic E-state index is 0.0932. The molecular weight excluding hydrogens is 216 g/mol. The lowest BCUT2D eigenvalue weighted by Gasteiger charge is -2.02. The number of aliphatic hydroxyl groups excluding tert-OH is 1. The van der Waals surface area contributed by atoms with Gasteiger partial charge in [-0.3, -0.25) is 0 Å². The standard InChI is InChI=1S/C10H12O4S/c1-9-3-5-10(6-4-9)15(12,13)14-8-2-7-11/h2-6,8,11H,7H2,1H3/b8-2+. The van der Waals surface area contributed by atoms with E-state index < -0.39 is 10.1 Å². The highest BCUT2D eigenvalue weighted by atomic mass is 32.2. The van der Waals surface area contributed by atoms with E-state index in [0.29, 0.717) is 0 Å². The van der Waals surface area contributed by atoms with E-state index in [-0.39, 0.29) is 11.5 Å². The van der Waals surface area contributed by atoms with Crippen LogP contribution in [0.4, 0.5) is 0 Å². The summed E-state index contributed by atoms with van der Waals surface area (Å²) in [5.41, 5.74) is 0.972. The van der Waals surface area contributed by atoms with Crippen molar-refractivity contribution in [3.8, 4) is 0 Å². The summed E-state index contributed by atoms with van der Waals surface area (Å²) < 4.78 is 27.5. The smallest absolute Gasteiger partial charge is 0.338 e. The van der Waals surface area contributed by atoms with E-state index in [1.807, 2.05) is 6.92 Å². The Kier molecular flexibility index (Phi) is 3.88. The summed E-state index contributed by atoms with van der Waals surface area (Å²) in [6, 6.07) is 6.31. The molecule has 1 aromatic rings. The first kappa shape index (κ1) is 11.7. The summed E-state index contributed by atoms with van der Waals surface area (Å²) in [5.74, 6) is 0. The van der Waals surface area contributed by atoms with Crippen LogP contribution < -0.4 is 0 Å². The van der Waals surface area contributed by atoms with Gasteiger partial charge in [0.15, 0.2) is 0 Å². The highest BCUT2D eigenvalue weighted by molar-refractivity contribution is 7.86. The Hall–Kier alpha value is -1.33. The SMILES string of the molecule is Cc1ccc(S(=O)(=O)O/C=C/CO)cc1. The molecule has 0 amide bonds. The Bertz CT molecular complexity index is 431. The molecule has 0 heterocycles. The van der Waals surface area contributed by atoms with Crippen molar-refractivity contribution < 1.29 is 17.7 Å². The first-order chi connectivity index (χ1) is 7.06. The zero-order valence-electron chi connectivity index (χ0n) is 8.25. The zero-order chi connectivity index (χ0) is 11.3. The van der Waals surface area contributed by atoms with Gasteiger partial charge in [0.2, 0.25) is 0 Å². The van der Waals surface area contributed by atoms with E-state index in [9.17, 15) is 8.42 Å². The van der Waals surface area contributed by atoms with Crippen LogP contribution >= 0.6 is 0 Å². The van der Waals surface area contributed by atoms with Crippen molar-refractivity contribution in [1.29, 1.82) is 0 Å². The van der Waals surface area contributed by atoms with Crippen molar-refractivity contribution >= 4 is 10.1 Å². The number of hydrogen-bond donors (Lipinski definition) is 1. The van der Waals surface area contributed by atoms with Crippen LogP contribution in [0, 0.1) is 6.92 Å². The van der Waals surface area contributed by atoms with Crippen LogP contribution in [0.15, 0.2) is 41.5 Å². The third kappa shape index (κ3) is 3.38. The normalized spacial score (nSPS) is 11.9. The minimum atomic E-state index is -3.75. The Morgan fingerprint density at radius 1 is 1.33 bits per heavy atom. The van der Waals surface area contributed by atoms with Crippen molar-refractivity contribution in [2.24, 2.45) is 0 Å². The molecule has 5 heteroatoms. The van der Waals surface area contributed by atoms with Crippen molar-refractivity contribution in [3.63, 3.8) is 0 Å². The Labute approximate surface area is 88.9 Å². The number of hydrogen-bond acceptors (Lipinski definition) is 4. The molecule has 0 aliphatic carbocycles. The fourth-order valence-electron chi connectivity index (χ4n) is 0.916. The van der Waals surface area contributed by atoms with Crippen LogP contribution in [-0.4, -0.2) is 20.1 Å². The number of rotatable bonds is 4. The van der Waals surface area contributed by atoms with Gasteiger partial charge in [0.25, 0.3) is 0 Å². The predicted octanol–water partition coefficient (Wildman–Crippen LogP) is 1.21. The largest absolute Gasteiger partial charge is 0.392 e. The molecule has 0 aliphatic heterocycles. The lowest BCUT2D eigenvalue weighted by Crippen LogP contribution is -2.02. The third-order valence-electron chi connectivity index (χ3n) is 1.69. The average Bonchev–Trinajstić information content (AvgIpc) is 2.18. The van der Waals surface area contributed by atoms with Crippen LogP contribution in [0.2, 0.25) is 0 Å². The van der Waals surface area contributed by atoms with E-state index in [4.69, 9.17) is 5.11 Å². The molecule has 0 radical (unpaired) electrons. The van der Waals surface area contributed by atoms with Gasteiger partial charge in [-0.15, -0.1) is 0 Å². The number of aryl methyl sites for hydroxylation is 1. The molecule has 1 N–H and O–H groups in total. The first-order valence-electron chi connectivity index (χ1n) is 4.32. The summed E-state index contributed by atoms with van der Waals surface area (Å²) in [6.07, 6.45) is 2.15. The fourth-order valence-corrected chi connectivity index (χ4v) is 1.72. The summed E-state index contributed by atoms with van der Waals surface area (Å²) in [5, 5.41) is 8.41. The average molecular weight is 228 g/mol. The zero-order valence-corrected chi connectivity index (χ0v) is 9.07.